The number of imidazole rings is 2. The second-order valence-electron chi connectivity index (χ2n) is 9.23. The second-order valence-corrected chi connectivity index (χ2v) is 9.23. The van der Waals surface area contributed by atoms with E-state index in [1.807, 2.05) is 18.2 Å². The first kappa shape index (κ1) is 20.2. The first-order chi connectivity index (χ1) is 16.2. The molecule has 166 valence electrons. The average molecular weight is 438 g/mol. The molecule has 0 atom stereocenters. The van der Waals surface area contributed by atoms with Gasteiger partial charge in [-0.3, -0.25) is 9.20 Å². The van der Waals surface area contributed by atoms with E-state index in [9.17, 15) is 4.79 Å². The number of benzene rings is 3. The fourth-order valence-electron chi connectivity index (χ4n) is 5.54. The number of nitrogens with zero attached hydrogens (tertiary/aromatic N) is 3. The molecule has 2 aromatic heterocycles. The van der Waals surface area contributed by atoms with Gasteiger partial charge in [0.05, 0.1) is 37.2 Å². The fraction of sp³-hybridized carbons (Fsp3) is 0.286. The van der Waals surface area contributed by atoms with Crippen LogP contribution in [0.2, 0.25) is 0 Å². The van der Waals surface area contributed by atoms with Crippen molar-refractivity contribution in [1.29, 1.82) is 0 Å². The van der Waals surface area contributed by atoms with Crippen LogP contribution in [0.25, 0.3) is 38.8 Å². The van der Waals surface area contributed by atoms with Crippen LogP contribution in [-0.4, -0.2) is 39.4 Å². The van der Waals surface area contributed by atoms with Crippen LogP contribution in [0.3, 0.4) is 0 Å². The van der Waals surface area contributed by atoms with Crippen molar-refractivity contribution >= 4 is 33.4 Å². The van der Waals surface area contributed by atoms with E-state index in [0.29, 0.717) is 5.69 Å². The Morgan fingerprint density at radius 1 is 0.909 bits per heavy atom. The van der Waals surface area contributed by atoms with Gasteiger partial charge in [-0.2, -0.15) is 0 Å². The minimum atomic E-state index is 0.0370. The largest absolute Gasteiger partial charge is 0.333 e. The maximum Gasteiger partial charge on any atom is 0.216 e. The number of carbonyl (C=O) groups excluding carboxylic acids is 1. The highest BCUT2D eigenvalue weighted by Crippen LogP contribution is 2.34. The molecule has 1 N–H and O–H groups in total. The molecule has 0 unspecified atom stereocenters. The first-order valence-electron chi connectivity index (χ1n) is 12.0. The molecule has 0 bridgehead atoms. The van der Waals surface area contributed by atoms with E-state index < -0.39 is 0 Å². The van der Waals surface area contributed by atoms with Crippen LogP contribution in [0.4, 0.5) is 0 Å². The van der Waals surface area contributed by atoms with E-state index in [2.05, 4.69) is 57.5 Å². The molecule has 1 aliphatic heterocycles. The van der Waals surface area contributed by atoms with Crippen LogP contribution in [-0.2, 0) is 6.54 Å². The Hall–Kier alpha value is -3.44. The molecule has 0 aliphatic carbocycles. The normalized spacial score (nSPS) is 15.1. The summed E-state index contributed by atoms with van der Waals surface area (Å²) < 4.78 is 4.40. The van der Waals surface area contributed by atoms with E-state index in [4.69, 9.17) is 4.98 Å². The van der Waals surface area contributed by atoms with E-state index in [1.54, 1.807) is 11.8 Å². The number of nitrogens with one attached hydrogen (secondary N) is 1. The lowest BCUT2D eigenvalue weighted by Gasteiger charge is -2.23. The summed E-state index contributed by atoms with van der Waals surface area (Å²) in [7, 11) is 0. The number of hydrogen-bond acceptors (Lipinski definition) is 2. The van der Waals surface area contributed by atoms with Crippen LogP contribution in [0, 0.1) is 0 Å². The summed E-state index contributed by atoms with van der Waals surface area (Å²) in [5.41, 5.74) is 4.65. The Bertz CT molecular complexity index is 1480. The maximum absolute atomic E-state index is 13.0. The number of carbonyl (C=O) groups is 1. The molecule has 0 saturated carbocycles. The van der Waals surface area contributed by atoms with Crippen LogP contribution >= 0.6 is 0 Å². The monoisotopic (exact) mass is 437 g/mol. The van der Waals surface area contributed by atoms with Crippen molar-refractivity contribution < 1.29 is 9.69 Å². The van der Waals surface area contributed by atoms with Gasteiger partial charge in [0.1, 0.15) is 11.4 Å². The molecule has 33 heavy (non-hydrogen) atoms. The molecular weight excluding hydrogens is 408 g/mol. The molecule has 1 fully saturated rings. The lowest BCUT2D eigenvalue weighted by Crippen LogP contribution is -3.13. The summed E-state index contributed by atoms with van der Waals surface area (Å²) in [4.78, 5) is 19.9. The third-order valence-corrected chi connectivity index (χ3v) is 7.14. The summed E-state index contributed by atoms with van der Waals surface area (Å²) >= 11 is 0. The predicted octanol–water partition coefficient (Wildman–Crippen LogP) is 4.38. The van der Waals surface area contributed by atoms with Crippen molar-refractivity contribution in [2.24, 2.45) is 0 Å². The number of likely N-dealkylation sites (tertiary alicyclic amines) is 1. The standard InChI is InChI=1S/C28H28N4O/c1-20(33)27-26(23-13-9-11-21-10-3-4-12-22(21)23)29-28-31(19-18-30-16-7-2-8-17-30)24-14-5-6-15-25(24)32(27)28/h3-6,9-15H,2,7-8,16-19H2,1H3/p+1. The van der Waals surface area contributed by atoms with Crippen molar-refractivity contribution in [3.8, 4) is 11.3 Å². The van der Waals surface area contributed by atoms with E-state index in [1.165, 1.54) is 32.4 Å². The molecule has 0 amide bonds. The summed E-state index contributed by atoms with van der Waals surface area (Å²) in [6.07, 6.45) is 4.00. The molecule has 3 aromatic carbocycles. The number of aromatic nitrogens is 3. The minimum absolute atomic E-state index is 0.0370. The highest BCUT2D eigenvalue weighted by molar-refractivity contribution is 6.06. The summed E-state index contributed by atoms with van der Waals surface area (Å²) in [6, 6.07) is 22.9. The molecule has 6 rings (SSSR count). The smallest absolute Gasteiger partial charge is 0.216 e. The zero-order valence-corrected chi connectivity index (χ0v) is 19.1. The topological polar surface area (TPSA) is 43.7 Å². The number of hydrogen-bond donors (Lipinski definition) is 1. The third kappa shape index (κ3) is 3.35. The predicted molar refractivity (Wildman–Crippen MR) is 133 cm³/mol. The van der Waals surface area contributed by atoms with Gasteiger partial charge in [0.15, 0.2) is 5.78 Å². The van der Waals surface area contributed by atoms with Gasteiger partial charge in [0.25, 0.3) is 0 Å². The molecule has 1 saturated heterocycles. The number of quaternary nitrogens is 1. The Balaban J connectivity index is 1.57. The summed E-state index contributed by atoms with van der Waals surface area (Å²) in [5, 5.41) is 2.28. The molecule has 0 radical (unpaired) electrons. The minimum Gasteiger partial charge on any atom is -0.333 e. The third-order valence-electron chi connectivity index (χ3n) is 7.14. The number of para-hydroxylation sites is 2. The van der Waals surface area contributed by atoms with Gasteiger partial charge >= 0.3 is 0 Å². The van der Waals surface area contributed by atoms with Crippen molar-refractivity contribution in [2.75, 3.05) is 19.6 Å². The lowest BCUT2D eigenvalue weighted by atomic mass is 10.0. The van der Waals surface area contributed by atoms with Crippen LogP contribution in [0.5, 0.6) is 0 Å². The zero-order valence-electron chi connectivity index (χ0n) is 19.1. The number of fused-ring (bicyclic) bond motifs is 4. The lowest BCUT2D eigenvalue weighted by molar-refractivity contribution is -0.905. The van der Waals surface area contributed by atoms with Crippen molar-refractivity contribution in [1.82, 2.24) is 14.0 Å². The van der Waals surface area contributed by atoms with Gasteiger partial charge in [-0.25, -0.2) is 4.98 Å². The van der Waals surface area contributed by atoms with Gasteiger partial charge in [-0.15, -0.1) is 0 Å². The SMILES string of the molecule is CC(=O)c1c(-c2cccc3ccccc23)nc2n(CC[NH+]3CCCCC3)c3ccccc3n12. The molecule has 5 nitrogen and oxygen atoms in total. The Kier molecular flexibility index (Phi) is 4.99. The number of rotatable bonds is 5. The van der Waals surface area contributed by atoms with Crippen LogP contribution in [0.15, 0.2) is 66.7 Å². The average Bonchev–Trinajstić information content (AvgIpc) is 3.38. The number of piperidine rings is 1. The molecule has 3 heterocycles. The summed E-state index contributed by atoms with van der Waals surface area (Å²) in [5.74, 6) is 0.899. The Morgan fingerprint density at radius 2 is 1.64 bits per heavy atom. The van der Waals surface area contributed by atoms with Crippen molar-refractivity contribution in [2.45, 2.75) is 32.7 Å². The Morgan fingerprint density at radius 3 is 2.45 bits per heavy atom. The molecular formula is C28H29N4O+. The first-order valence-corrected chi connectivity index (χ1v) is 12.0. The van der Waals surface area contributed by atoms with E-state index in [-0.39, 0.29) is 5.78 Å². The van der Waals surface area contributed by atoms with Gasteiger partial charge in [0, 0.05) is 12.5 Å². The Labute approximate surface area is 193 Å². The fourth-order valence-corrected chi connectivity index (χ4v) is 5.54. The highest BCUT2D eigenvalue weighted by atomic mass is 16.1. The van der Waals surface area contributed by atoms with Gasteiger partial charge < -0.3 is 9.47 Å². The van der Waals surface area contributed by atoms with Gasteiger partial charge in [0.2, 0.25) is 5.78 Å². The van der Waals surface area contributed by atoms with Crippen LogP contribution in [0.1, 0.15) is 36.7 Å². The van der Waals surface area contributed by atoms with E-state index in [0.717, 1.165) is 51.9 Å². The molecule has 0 spiro atoms. The molecule has 5 aromatic rings. The maximum atomic E-state index is 13.0. The van der Waals surface area contributed by atoms with Crippen LogP contribution < -0.4 is 4.90 Å². The second kappa shape index (κ2) is 8.16. The quantitative estimate of drug-likeness (QED) is 0.415. The number of ketones is 1. The zero-order chi connectivity index (χ0) is 22.4. The molecule has 1 aliphatic rings. The van der Waals surface area contributed by atoms with Crippen molar-refractivity contribution in [3.05, 3.63) is 72.4 Å². The molecule has 5 heteroatoms. The number of Topliss-reactive ketones (excluding diaryl/α,β-unsaturated/α-hetero) is 1. The highest BCUT2D eigenvalue weighted by Gasteiger charge is 2.25. The van der Waals surface area contributed by atoms with E-state index >= 15 is 0 Å². The van der Waals surface area contributed by atoms with Gasteiger partial charge in [-0.1, -0.05) is 54.6 Å². The summed E-state index contributed by atoms with van der Waals surface area (Å²) in [6.45, 7) is 6.14. The van der Waals surface area contributed by atoms with Crippen molar-refractivity contribution in [3.63, 3.8) is 0 Å². The van der Waals surface area contributed by atoms with Gasteiger partial charge in [-0.05, 0) is 42.2 Å².